The Balaban J connectivity index is -0.000000443. The van der Waals surface area contributed by atoms with E-state index in [0.29, 0.717) is 16.2 Å². The lowest BCUT2D eigenvalue weighted by molar-refractivity contribution is 0.282. The van der Waals surface area contributed by atoms with Crippen LogP contribution in [0.5, 0.6) is 0 Å². The molecule has 2 unspecified atom stereocenters. The van der Waals surface area contributed by atoms with Gasteiger partial charge >= 0.3 is 0 Å². The van der Waals surface area contributed by atoms with Crippen molar-refractivity contribution in [1.82, 2.24) is 0 Å². The van der Waals surface area contributed by atoms with Crippen LogP contribution in [0.15, 0.2) is 0 Å². The van der Waals surface area contributed by atoms with Gasteiger partial charge in [0, 0.05) is 0 Å². The van der Waals surface area contributed by atoms with E-state index in [1.165, 1.54) is 103 Å². The molecule has 0 aromatic rings. The Labute approximate surface area is 227 Å². The Bertz CT molecular complexity index is 397. The summed E-state index contributed by atoms with van der Waals surface area (Å²) in [4.78, 5) is 0. The van der Waals surface area contributed by atoms with E-state index in [2.05, 4.69) is 96.9 Å². The minimum atomic E-state index is 0.509. The van der Waals surface area contributed by atoms with E-state index in [4.69, 9.17) is 0 Å². The Morgan fingerprint density at radius 1 is 0.429 bits per heavy atom. The van der Waals surface area contributed by atoms with Gasteiger partial charge in [-0.15, -0.1) is 0 Å². The zero-order chi connectivity index (χ0) is 28.0. The molecule has 0 aromatic carbocycles. The Hall–Kier alpha value is 0. The average molecular weight is 497 g/mol. The monoisotopic (exact) mass is 497 g/mol. The highest BCUT2D eigenvalue weighted by Gasteiger charge is 2.15. The highest BCUT2D eigenvalue weighted by molar-refractivity contribution is 4.67. The van der Waals surface area contributed by atoms with Gasteiger partial charge in [-0.25, -0.2) is 0 Å². The summed E-state index contributed by atoms with van der Waals surface area (Å²) in [7, 11) is 0. The highest BCUT2D eigenvalue weighted by atomic mass is 14.2. The van der Waals surface area contributed by atoms with Gasteiger partial charge in [0.05, 0.1) is 0 Å². The van der Waals surface area contributed by atoms with Crippen LogP contribution in [0.4, 0.5) is 0 Å². The standard InChI is InChI=1S/C13H28.C12H26.C10H22/c1-7-11(2)8-9-12(3)10-13(4,5)6;1-5-6-7-8-9-10-11-12(2,3)4;1-5-6-7-8-9-10(2,3)4/h11-12H,7-10H2,1-6H3;5-11H2,1-4H3;5-9H2,1-4H3. The van der Waals surface area contributed by atoms with Crippen LogP contribution in [0.2, 0.25) is 0 Å². The number of rotatable bonds is 15. The molecular formula is C35H76. The van der Waals surface area contributed by atoms with Crippen molar-refractivity contribution < 1.29 is 0 Å². The van der Waals surface area contributed by atoms with Gasteiger partial charge in [-0.2, -0.15) is 0 Å². The molecule has 0 amide bonds. The minimum Gasteiger partial charge on any atom is -0.0654 e. The van der Waals surface area contributed by atoms with Crippen LogP contribution >= 0.6 is 0 Å². The van der Waals surface area contributed by atoms with Crippen molar-refractivity contribution >= 4 is 0 Å². The van der Waals surface area contributed by atoms with Gasteiger partial charge in [-0.1, -0.05) is 180 Å². The average Bonchev–Trinajstić information content (AvgIpc) is 2.70. The predicted molar refractivity (Wildman–Crippen MR) is 168 cm³/mol. The first kappa shape index (κ1) is 39.5. The SMILES string of the molecule is CCC(C)CCC(C)CC(C)(C)C.CCCCCCC(C)(C)C.CCCCCCCCC(C)(C)C. The molecule has 0 radical (unpaired) electrons. The topological polar surface area (TPSA) is 0 Å². The first-order valence-corrected chi connectivity index (χ1v) is 16.0. The fourth-order valence-electron chi connectivity index (χ4n) is 4.44. The molecule has 0 aromatic heterocycles. The zero-order valence-corrected chi connectivity index (χ0v) is 28.0. The summed E-state index contributed by atoms with van der Waals surface area (Å²) < 4.78 is 0. The first-order chi connectivity index (χ1) is 16.0. The van der Waals surface area contributed by atoms with Gasteiger partial charge in [-0.3, -0.25) is 0 Å². The second-order valence-corrected chi connectivity index (χ2v) is 15.4. The van der Waals surface area contributed by atoms with E-state index in [9.17, 15) is 0 Å². The smallest absolute Gasteiger partial charge is 0.0380 e. The summed E-state index contributed by atoms with van der Waals surface area (Å²) in [5.74, 6) is 1.82. The molecule has 0 spiro atoms. The summed E-state index contributed by atoms with van der Waals surface area (Å²) in [5.41, 5.74) is 1.60. The van der Waals surface area contributed by atoms with Crippen molar-refractivity contribution in [3.63, 3.8) is 0 Å². The molecule has 0 saturated carbocycles. The van der Waals surface area contributed by atoms with Gasteiger partial charge < -0.3 is 0 Å². The van der Waals surface area contributed by atoms with E-state index in [1.807, 2.05) is 0 Å². The zero-order valence-electron chi connectivity index (χ0n) is 28.0. The molecule has 2 atom stereocenters. The summed E-state index contributed by atoms with van der Waals surface area (Å²) in [6, 6.07) is 0. The van der Waals surface area contributed by atoms with Gasteiger partial charge in [0.2, 0.25) is 0 Å². The third-order valence-corrected chi connectivity index (χ3v) is 6.87. The summed E-state index contributed by atoms with van der Waals surface area (Å²) in [6.45, 7) is 32.6. The molecule has 0 bridgehead atoms. The Morgan fingerprint density at radius 3 is 1.11 bits per heavy atom. The lowest BCUT2D eigenvalue weighted by atomic mass is 9.82. The molecule has 0 nitrogen and oxygen atoms in total. The van der Waals surface area contributed by atoms with E-state index in [1.54, 1.807) is 0 Å². The molecule has 0 N–H and O–H groups in total. The number of hydrogen-bond donors (Lipinski definition) is 0. The van der Waals surface area contributed by atoms with Gasteiger partial charge in [0.15, 0.2) is 0 Å². The second kappa shape index (κ2) is 23.1. The molecule has 0 aliphatic carbocycles. The maximum absolute atomic E-state index is 2.40. The third kappa shape index (κ3) is 44.4. The first-order valence-electron chi connectivity index (χ1n) is 16.0. The van der Waals surface area contributed by atoms with Crippen molar-refractivity contribution in [3.05, 3.63) is 0 Å². The van der Waals surface area contributed by atoms with Crippen LogP contribution in [0.1, 0.15) is 200 Å². The fraction of sp³-hybridized carbons (Fsp3) is 1.00. The Morgan fingerprint density at radius 2 is 0.771 bits per heavy atom. The maximum atomic E-state index is 2.40. The molecular weight excluding hydrogens is 420 g/mol. The van der Waals surface area contributed by atoms with Crippen molar-refractivity contribution in [2.24, 2.45) is 28.1 Å². The number of unbranched alkanes of at least 4 members (excludes halogenated alkanes) is 8. The van der Waals surface area contributed by atoms with E-state index in [0.717, 1.165) is 11.8 Å². The van der Waals surface area contributed by atoms with Crippen LogP contribution in [0.3, 0.4) is 0 Å². The molecule has 35 heavy (non-hydrogen) atoms. The van der Waals surface area contributed by atoms with E-state index >= 15 is 0 Å². The van der Waals surface area contributed by atoms with E-state index in [-0.39, 0.29) is 0 Å². The lowest BCUT2D eigenvalue weighted by Crippen LogP contribution is -2.11. The largest absolute Gasteiger partial charge is 0.0654 e. The molecule has 0 heteroatoms. The molecule has 0 fully saturated rings. The van der Waals surface area contributed by atoms with Crippen LogP contribution in [0.25, 0.3) is 0 Å². The maximum Gasteiger partial charge on any atom is -0.0380 e. The predicted octanol–water partition coefficient (Wildman–Crippen LogP) is 13.7. The van der Waals surface area contributed by atoms with Crippen LogP contribution in [0, 0.1) is 28.1 Å². The summed E-state index contributed by atoms with van der Waals surface area (Å²) in [6.07, 6.45) is 22.4. The third-order valence-electron chi connectivity index (χ3n) is 6.87. The van der Waals surface area contributed by atoms with Crippen LogP contribution in [-0.4, -0.2) is 0 Å². The van der Waals surface area contributed by atoms with Gasteiger partial charge in [0.25, 0.3) is 0 Å². The fourth-order valence-corrected chi connectivity index (χ4v) is 4.44. The van der Waals surface area contributed by atoms with Gasteiger partial charge in [-0.05, 0) is 47.3 Å². The van der Waals surface area contributed by atoms with Crippen molar-refractivity contribution in [1.29, 1.82) is 0 Å². The minimum absolute atomic E-state index is 0.509. The molecule has 0 aliphatic rings. The second-order valence-electron chi connectivity index (χ2n) is 15.4. The summed E-state index contributed by atoms with van der Waals surface area (Å²) in [5, 5.41) is 0. The molecule has 216 valence electrons. The van der Waals surface area contributed by atoms with E-state index < -0.39 is 0 Å². The number of hydrogen-bond acceptors (Lipinski definition) is 0. The normalized spacial score (nSPS) is 13.9. The quantitative estimate of drug-likeness (QED) is 0.198. The summed E-state index contributed by atoms with van der Waals surface area (Å²) >= 11 is 0. The van der Waals surface area contributed by atoms with Crippen LogP contribution < -0.4 is 0 Å². The molecule has 0 aliphatic heterocycles. The Kier molecular flexibility index (Phi) is 26.1. The van der Waals surface area contributed by atoms with Crippen LogP contribution in [-0.2, 0) is 0 Å². The molecule has 0 heterocycles. The molecule has 0 rings (SSSR count). The van der Waals surface area contributed by atoms with Crippen molar-refractivity contribution in [2.75, 3.05) is 0 Å². The van der Waals surface area contributed by atoms with Crippen molar-refractivity contribution in [3.8, 4) is 0 Å². The molecule has 0 saturated heterocycles. The van der Waals surface area contributed by atoms with Crippen molar-refractivity contribution in [2.45, 2.75) is 200 Å². The lowest BCUT2D eigenvalue weighted by Gasteiger charge is -2.23. The highest BCUT2D eigenvalue weighted by Crippen LogP contribution is 2.28. The van der Waals surface area contributed by atoms with Gasteiger partial charge in [0.1, 0.15) is 0 Å².